The summed E-state index contributed by atoms with van der Waals surface area (Å²) in [6, 6.07) is 5.46. The van der Waals surface area contributed by atoms with Gasteiger partial charge in [-0.15, -0.1) is 0 Å². The third kappa shape index (κ3) is 0.953. The molecule has 13 heavy (non-hydrogen) atoms. The van der Waals surface area contributed by atoms with Gasteiger partial charge in [-0.1, -0.05) is 12.1 Å². The maximum atomic E-state index is 13.4. The monoisotopic (exact) mass is 177 g/mol. The van der Waals surface area contributed by atoms with Crippen LogP contribution in [0.15, 0.2) is 18.2 Å². The van der Waals surface area contributed by atoms with Crippen molar-refractivity contribution in [3.8, 4) is 0 Å². The summed E-state index contributed by atoms with van der Waals surface area (Å²) >= 11 is 0. The summed E-state index contributed by atoms with van der Waals surface area (Å²) in [6.07, 6.45) is 3.18. The predicted molar refractivity (Wildman–Crippen MR) is 49.0 cm³/mol. The van der Waals surface area contributed by atoms with Crippen LogP contribution in [0.5, 0.6) is 0 Å². The molecule has 1 aromatic carbocycles. The van der Waals surface area contributed by atoms with Crippen LogP contribution in [-0.4, -0.2) is 6.54 Å². The largest absolute Gasteiger partial charge is 0.307 e. The zero-order chi connectivity index (χ0) is 8.89. The first-order valence-corrected chi connectivity index (χ1v) is 4.85. The van der Waals surface area contributed by atoms with Gasteiger partial charge in [0, 0.05) is 12.1 Å². The van der Waals surface area contributed by atoms with Crippen LogP contribution >= 0.6 is 0 Å². The lowest BCUT2D eigenvalue weighted by Crippen LogP contribution is -2.36. The van der Waals surface area contributed by atoms with Crippen molar-refractivity contribution in [3.63, 3.8) is 0 Å². The van der Waals surface area contributed by atoms with Crippen LogP contribution < -0.4 is 5.32 Å². The zero-order valence-corrected chi connectivity index (χ0v) is 7.44. The van der Waals surface area contributed by atoms with Crippen molar-refractivity contribution in [2.45, 2.75) is 24.8 Å². The average Bonchev–Trinajstić information content (AvgIpc) is 2.89. The molecule has 2 heteroatoms. The molecule has 0 bridgehead atoms. The molecule has 68 valence electrons. The number of benzene rings is 1. The van der Waals surface area contributed by atoms with Gasteiger partial charge >= 0.3 is 0 Å². The molecule has 1 spiro atoms. The average molecular weight is 177 g/mol. The Morgan fingerprint density at radius 3 is 2.92 bits per heavy atom. The van der Waals surface area contributed by atoms with Crippen LogP contribution in [0.2, 0.25) is 0 Å². The molecule has 1 fully saturated rings. The Hall–Kier alpha value is -0.890. The Morgan fingerprint density at radius 2 is 2.15 bits per heavy atom. The third-order valence-electron chi connectivity index (χ3n) is 3.22. The van der Waals surface area contributed by atoms with Crippen molar-refractivity contribution >= 4 is 0 Å². The highest BCUT2D eigenvalue weighted by Gasteiger charge is 2.47. The molecule has 0 amide bonds. The van der Waals surface area contributed by atoms with E-state index in [1.54, 1.807) is 6.07 Å². The Balaban J connectivity index is 2.19. The summed E-state index contributed by atoms with van der Waals surface area (Å²) in [6.45, 7) is 0.925. The second-order valence-corrected chi connectivity index (χ2v) is 4.02. The van der Waals surface area contributed by atoms with E-state index in [1.807, 2.05) is 6.07 Å². The SMILES string of the molecule is Fc1cccc2c1CCNC21CC1. The Morgan fingerprint density at radius 1 is 1.31 bits per heavy atom. The molecular weight excluding hydrogens is 165 g/mol. The van der Waals surface area contributed by atoms with Gasteiger partial charge in [-0.2, -0.15) is 0 Å². The standard InChI is InChI=1S/C11H12FN/c12-10-3-1-2-9-8(10)4-7-13-11(9)5-6-11/h1-3,13H,4-7H2. The molecule has 1 aliphatic heterocycles. The molecule has 1 nitrogen and oxygen atoms in total. The summed E-state index contributed by atoms with van der Waals surface area (Å²) in [4.78, 5) is 0. The molecule has 0 unspecified atom stereocenters. The highest BCUT2D eigenvalue weighted by Crippen LogP contribution is 2.48. The maximum Gasteiger partial charge on any atom is 0.126 e. The quantitative estimate of drug-likeness (QED) is 0.638. The molecule has 1 saturated carbocycles. The Bertz CT molecular complexity index is 355. The normalized spacial score (nSPS) is 22.8. The fourth-order valence-electron chi connectivity index (χ4n) is 2.35. The van der Waals surface area contributed by atoms with Crippen molar-refractivity contribution < 1.29 is 4.39 Å². The topological polar surface area (TPSA) is 12.0 Å². The molecule has 1 aliphatic carbocycles. The highest BCUT2D eigenvalue weighted by atomic mass is 19.1. The summed E-state index contributed by atoms with van der Waals surface area (Å²) < 4.78 is 13.4. The Kier molecular flexibility index (Phi) is 1.34. The predicted octanol–water partition coefficient (Wildman–Crippen LogP) is 1.96. The van der Waals surface area contributed by atoms with Crippen LogP contribution in [0.25, 0.3) is 0 Å². The molecule has 0 atom stereocenters. The van der Waals surface area contributed by atoms with E-state index in [2.05, 4.69) is 11.4 Å². The van der Waals surface area contributed by atoms with Crippen molar-refractivity contribution in [2.24, 2.45) is 0 Å². The molecular formula is C11H12FN. The van der Waals surface area contributed by atoms with Crippen molar-refractivity contribution in [1.29, 1.82) is 0 Å². The lowest BCUT2D eigenvalue weighted by molar-refractivity contribution is 0.472. The fourth-order valence-corrected chi connectivity index (χ4v) is 2.35. The Labute approximate surface area is 77.0 Å². The third-order valence-corrected chi connectivity index (χ3v) is 3.22. The molecule has 3 rings (SSSR count). The van der Waals surface area contributed by atoms with Crippen LogP contribution in [0.4, 0.5) is 4.39 Å². The minimum absolute atomic E-state index is 0.0229. The highest BCUT2D eigenvalue weighted by molar-refractivity contribution is 5.40. The minimum Gasteiger partial charge on any atom is -0.307 e. The smallest absolute Gasteiger partial charge is 0.126 e. The molecule has 1 heterocycles. The molecule has 2 aliphatic rings. The van der Waals surface area contributed by atoms with Gasteiger partial charge in [0.15, 0.2) is 0 Å². The number of hydrogen-bond acceptors (Lipinski definition) is 1. The molecule has 1 N–H and O–H groups in total. The van der Waals surface area contributed by atoms with Gasteiger partial charge in [0.2, 0.25) is 0 Å². The second-order valence-electron chi connectivity index (χ2n) is 4.02. The van der Waals surface area contributed by atoms with Crippen molar-refractivity contribution in [1.82, 2.24) is 5.32 Å². The first kappa shape index (κ1) is 7.51. The van der Waals surface area contributed by atoms with Gasteiger partial charge in [-0.3, -0.25) is 0 Å². The van der Waals surface area contributed by atoms with E-state index in [0.29, 0.717) is 0 Å². The van der Waals surface area contributed by atoms with E-state index in [4.69, 9.17) is 0 Å². The second kappa shape index (κ2) is 2.32. The summed E-state index contributed by atoms with van der Waals surface area (Å²) in [7, 11) is 0. The van der Waals surface area contributed by atoms with Gasteiger partial charge in [0.05, 0.1) is 0 Å². The number of halogens is 1. The summed E-state index contributed by atoms with van der Waals surface area (Å²) in [5, 5.41) is 3.49. The van der Waals surface area contributed by atoms with Gasteiger partial charge in [0.25, 0.3) is 0 Å². The first-order chi connectivity index (χ1) is 6.32. The van der Waals surface area contributed by atoms with Crippen LogP contribution in [0, 0.1) is 5.82 Å². The van der Waals surface area contributed by atoms with E-state index in [9.17, 15) is 4.39 Å². The van der Waals surface area contributed by atoms with Gasteiger partial charge in [-0.05, 0) is 36.5 Å². The van der Waals surface area contributed by atoms with Crippen molar-refractivity contribution in [3.05, 3.63) is 35.1 Å². The molecule has 1 aromatic rings. The van der Waals surface area contributed by atoms with E-state index < -0.39 is 0 Å². The number of fused-ring (bicyclic) bond motifs is 2. The van der Waals surface area contributed by atoms with E-state index in [1.165, 1.54) is 18.4 Å². The first-order valence-electron chi connectivity index (χ1n) is 4.85. The lowest BCUT2D eigenvalue weighted by Gasteiger charge is -2.26. The molecule has 0 radical (unpaired) electrons. The van der Waals surface area contributed by atoms with Crippen LogP contribution in [0.3, 0.4) is 0 Å². The molecule has 0 saturated heterocycles. The van der Waals surface area contributed by atoms with E-state index >= 15 is 0 Å². The van der Waals surface area contributed by atoms with Crippen molar-refractivity contribution in [2.75, 3.05) is 6.54 Å². The van der Waals surface area contributed by atoms with Crippen LogP contribution in [0.1, 0.15) is 24.0 Å². The number of nitrogens with one attached hydrogen (secondary N) is 1. The van der Waals surface area contributed by atoms with Gasteiger partial charge in [0.1, 0.15) is 5.82 Å². The number of rotatable bonds is 0. The lowest BCUT2D eigenvalue weighted by atomic mass is 9.92. The van der Waals surface area contributed by atoms with E-state index in [-0.39, 0.29) is 11.4 Å². The van der Waals surface area contributed by atoms with Gasteiger partial charge in [-0.25, -0.2) is 4.39 Å². The fraction of sp³-hybridized carbons (Fsp3) is 0.455. The summed E-state index contributed by atoms with van der Waals surface area (Å²) in [5.41, 5.74) is 2.31. The number of hydrogen-bond donors (Lipinski definition) is 1. The molecule has 0 aromatic heterocycles. The minimum atomic E-state index is -0.0229. The van der Waals surface area contributed by atoms with E-state index in [0.717, 1.165) is 18.5 Å². The summed E-state index contributed by atoms with van der Waals surface area (Å²) in [5.74, 6) is -0.0229. The van der Waals surface area contributed by atoms with Crippen LogP contribution in [-0.2, 0) is 12.0 Å². The zero-order valence-electron chi connectivity index (χ0n) is 7.44. The maximum absolute atomic E-state index is 13.4. The van der Waals surface area contributed by atoms with Gasteiger partial charge < -0.3 is 5.32 Å².